The normalized spacial score (nSPS) is 14.9. The first-order valence-electron chi connectivity index (χ1n) is 6.00. The molecule has 1 heterocycles. The van der Waals surface area contributed by atoms with Crippen LogP contribution in [-0.2, 0) is 0 Å². The van der Waals surface area contributed by atoms with Crippen LogP contribution in [0.3, 0.4) is 0 Å². The number of aryl methyl sites for hydroxylation is 1. The van der Waals surface area contributed by atoms with Crippen LogP contribution in [0.4, 0.5) is 0 Å². The van der Waals surface area contributed by atoms with E-state index in [4.69, 9.17) is 0 Å². The van der Waals surface area contributed by atoms with Gasteiger partial charge in [-0.1, -0.05) is 12.1 Å². The number of nitrogens with zero attached hydrogens (tertiary/aromatic N) is 1. The highest BCUT2D eigenvalue weighted by Gasteiger charge is 2.27. The monoisotopic (exact) mass is 225 g/mol. The van der Waals surface area contributed by atoms with Crippen molar-refractivity contribution in [2.45, 2.75) is 25.7 Å². The Morgan fingerprint density at radius 2 is 2.00 bits per heavy atom. The molecule has 1 aliphatic rings. The number of aromatic hydroxyl groups is 1. The van der Waals surface area contributed by atoms with Gasteiger partial charge >= 0.3 is 0 Å². The van der Waals surface area contributed by atoms with Crippen LogP contribution in [0.1, 0.15) is 30.0 Å². The number of pyridine rings is 1. The molecule has 86 valence electrons. The zero-order valence-electron chi connectivity index (χ0n) is 9.85. The highest BCUT2D eigenvalue weighted by Crippen LogP contribution is 2.43. The van der Waals surface area contributed by atoms with Crippen LogP contribution in [0.25, 0.3) is 11.1 Å². The molecule has 1 aliphatic carbocycles. The molecule has 3 rings (SSSR count). The Bertz CT molecular complexity index is 559. The quantitative estimate of drug-likeness (QED) is 0.846. The minimum absolute atomic E-state index is 0.322. The fourth-order valence-electron chi connectivity index (χ4n) is 2.28. The maximum atomic E-state index is 9.46. The van der Waals surface area contributed by atoms with E-state index in [1.165, 1.54) is 29.7 Å². The van der Waals surface area contributed by atoms with Gasteiger partial charge in [0, 0.05) is 17.7 Å². The molecule has 1 aromatic heterocycles. The number of aromatic nitrogens is 1. The van der Waals surface area contributed by atoms with Gasteiger partial charge in [-0.05, 0) is 49.1 Å². The molecule has 2 aromatic rings. The molecular weight excluding hydrogens is 210 g/mol. The van der Waals surface area contributed by atoms with Crippen molar-refractivity contribution in [2.24, 2.45) is 0 Å². The second-order valence-electron chi connectivity index (χ2n) is 4.71. The summed E-state index contributed by atoms with van der Waals surface area (Å²) in [6.07, 6.45) is 4.37. The van der Waals surface area contributed by atoms with E-state index in [1.54, 1.807) is 12.1 Å². The maximum absolute atomic E-state index is 9.46. The molecule has 0 atom stereocenters. The number of hydrogen-bond donors (Lipinski definition) is 1. The number of rotatable bonds is 2. The number of benzene rings is 1. The number of phenolic OH excluding ortho intramolecular Hbond substituents is 1. The Morgan fingerprint density at radius 1 is 1.18 bits per heavy atom. The molecule has 0 aliphatic heterocycles. The van der Waals surface area contributed by atoms with E-state index >= 15 is 0 Å². The first-order chi connectivity index (χ1) is 8.25. The van der Waals surface area contributed by atoms with Crippen LogP contribution in [-0.4, -0.2) is 10.1 Å². The van der Waals surface area contributed by atoms with Crippen molar-refractivity contribution in [3.63, 3.8) is 0 Å². The van der Waals surface area contributed by atoms with Crippen molar-refractivity contribution in [1.82, 2.24) is 4.98 Å². The smallest absolute Gasteiger partial charge is 0.115 e. The molecule has 1 fully saturated rings. The lowest BCUT2D eigenvalue weighted by Crippen LogP contribution is -1.92. The van der Waals surface area contributed by atoms with E-state index < -0.39 is 0 Å². The Morgan fingerprint density at radius 3 is 2.71 bits per heavy atom. The van der Waals surface area contributed by atoms with Crippen molar-refractivity contribution in [1.29, 1.82) is 0 Å². The van der Waals surface area contributed by atoms with E-state index in [2.05, 4.69) is 11.1 Å². The first kappa shape index (κ1) is 10.3. The molecule has 17 heavy (non-hydrogen) atoms. The molecule has 0 saturated heterocycles. The van der Waals surface area contributed by atoms with Crippen LogP contribution in [0.15, 0.2) is 36.5 Å². The number of hydrogen-bond acceptors (Lipinski definition) is 2. The SMILES string of the molecule is Cc1cc(O)ccc1-c1cccnc1C1CC1. The van der Waals surface area contributed by atoms with Gasteiger partial charge in [0.15, 0.2) is 0 Å². The van der Waals surface area contributed by atoms with Gasteiger partial charge in [-0.15, -0.1) is 0 Å². The highest BCUT2D eigenvalue weighted by molar-refractivity contribution is 5.71. The lowest BCUT2D eigenvalue weighted by Gasteiger charge is -2.10. The molecule has 0 spiro atoms. The Hall–Kier alpha value is -1.83. The minimum atomic E-state index is 0.322. The third-order valence-electron chi connectivity index (χ3n) is 3.30. The lowest BCUT2D eigenvalue weighted by atomic mass is 9.97. The van der Waals surface area contributed by atoms with Gasteiger partial charge in [-0.25, -0.2) is 0 Å². The molecule has 0 bridgehead atoms. The Kier molecular flexibility index (Phi) is 2.36. The van der Waals surface area contributed by atoms with Crippen LogP contribution < -0.4 is 0 Å². The second-order valence-corrected chi connectivity index (χ2v) is 4.71. The van der Waals surface area contributed by atoms with Gasteiger partial charge in [0.1, 0.15) is 5.75 Å². The predicted octanol–water partition coefficient (Wildman–Crippen LogP) is 3.64. The van der Waals surface area contributed by atoms with Gasteiger partial charge in [0.25, 0.3) is 0 Å². The standard InChI is InChI=1S/C15H15NO/c1-10-9-12(17)6-7-13(10)14-3-2-8-16-15(14)11-4-5-11/h2-3,6-9,11,17H,4-5H2,1H3. The highest BCUT2D eigenvalue weighted by atomic mass is 16.3. The van der Waals surface area contributed by atoms with E-state index in [-0.39, 0.29) is 0 Å². The molecule has 0 unspecified atom stereocenters. The molecular formula is C15H15NO. The Balaban J connectivity index is 2.14. The van der Waals surface area contributed by atoms with Crippen LogP contribution in [0.5, 0.6) is 5.75 Å². The van der Waals surface area contributed by atoms with Crippen molar-refractivity contribution < 1.29 is 5.11 Å². The fraction of sp³-hybridized carbons (Fsp3) is 0.267. The van der Waals surface area contributed by atoms with Crippen molar-refractivity contribution in [3.8, 4) is 16.9 Å². The van der Waals surface area contributed by atoms with Gasteiger partial charge in [0.2, 0.25) is 0 Å². The summed E-state index contributed by atoms with van der Waals surface area (Å²) >= 11 is 0. The molecule has 1 aromatic carbocycles. The van der Waals surface area contributed by atoms with Gasteiger partial charge in [-0.3, -0.25) is 4.98 Å². The van der Waals surface area contributed by atoms with E-state index in [0.717, 1.165) is 5.56 Å². The van der Waals surface area contributed by atoms with Crippen molar-refractivity contribution in [2.75, 3.05) is 0 Å². The molecule has 0 amide bonds. The minimum Gasteiger partial charge on any atom is -0.508 e. The largest absolute Gasteiger partial charge is 0.508 e. The summed E-state index contributed by atoms with van der Waals surface area (Å²) < 4.78 is 0. The molecule has 2 nitrogen and oxygen atoms in total. The second kappa shape index (κ2) is 3.88. The molecule has 1 N–H and O–H groups in total. The van der Waals surface area contributed by atoms with Crippen LogP contribution in [0, 0.1) is 6.92 Å². The van der Waals surface area contributed by atoms with Crippen LogP contribution in [0.2, 0.25) is 0 Å². The van der Waals surface area contributed by atoms with Crippen molar-refractivity contribution in [3.05, 3.63) is 47.8 Å². The average molecular weight is 225 g/mol. The maximum Gasteiger partial charge on any atom is 0.115 e. The zero-order valence-corrected chi connectivity index (χ0v) is 9.85. The van der Waals surface area contributed by atoms with Gasteiger partial charge in [0.05, 0.1) is 5.69 Å². The van der Waals surface area contributed by atoms with E-state index in [0.29, 0.717) is 11.7 Å². The topological polar surface area (TPSA) is 33.1 Å². The summed E-state index contributed by atoms with van der Waals surface area (Å²) in [7, 11) is 0. The molecule has 0 radical (unpaired) electrons. The molecule has 1 saturated carbocycles. The summed E-state index contributed by atoms with van der Waals surface area (Å²) in [6, 6.07) is 9.63. The summed E-state index contributed by atoms with van der Waals surface area (Å²) in [5.41, 5.74) is 4.70. The lowest BCUT2D eigenvalue weighted by molar-refractivity contribution is 0.475. The average Bonchev–Trinajstić information content (AvgIpc) is 3.13. The van der Waals surface area contributed by atoms with Crippen molar-refractivity contribution >= 4 is 0 Å². The van der Waals surface area contributed by atoms with Gasteiger partial charge in [-0.2, -0.15) is 0 Å². The number of phenols is 1. The molecule has 2 heteroatoms. The third-order valence-corrected chi connectivity index (χ3v) is 3.30. The summed E-state index contributed by atoms with van der Waals surface area (Å²) in [5, 5.41) is 9.46. The fourth-order valence-corrected chi connectivity index (χ4v) is 2.28. The van der Waals surface area contributed by atoms with Crippen LogP contribution >= 0.6 is 0 Å². The third kappa shape index (κ3) is 1.91. The Labute approximate surface area is 101 Å². The van der Waals surface area contributed by atoms with E-state index in [9.17, 15) is 5.11 Å². The first-order valence-corrected chi connectivity index (χ1v) is 6.00. The van der Waals surface area contributed by atoms with Gasteiger partial charge < -0.3 is 5.11 Å². The summed E-state index contributed by atoms with van der Waals surface area (Å²) in [6.45, 7) is 2.03. The summed E-state index contributed by atoms with van der Waals surface area (Å²) in [5.74, 6) is 0.961. The van der Waals surface area contributed by atoms with E-state index in [1.807, 2.05) is 25.3 Å². The predicted molar refractivity (Wildman–Crippen MR) is 68.0 cm³/mol. The summed E-state index contributed by atoms with van der Waals surface area (Å²) in [4.78, 5) is 4.52. The zero-order chi connectivity index (χ0) is 11.8.